The van der Waals surface area contributed by atoms with Gasteiger partial charge in [0.2, 0.25) is 0 Å². The van der Waals surface area contributed by atoms with E-state index in [9.17, 15) is 19.2 Å². The van der Waals surface area contributed by atoms with Crippen LogP contribution in [0.3, 0.4) is 0 Å². The van der Waals surface area contributed by atoms with Gasteiger partial charge in [-0.05, 0) is 73.6 Å². The highest BCUT2D eigenvalue weighted by molar-refractivity contribution is 7.66. The van der Waals surface area contributed by atoms with Gasteiger partial charge in [0.05, 0.1) is 22.9 Å². The van der Waals surface area contributed by atoms with Crippen LogP contribution in [0.5, 0.6) is 0 Å². The summed E-state index contributed by atoms with van der Waals surface area (Å²) in [5.74, 6) is -2.09. The number of nitrogens with zero attached hydrogens (tertiary/aromatic N) is 2. The molecule has 2 heterocycles. The molecule has 0 fully saturated rings. The molecule has 0 radical (unpaired) electrons. The van der Waals surface area contributed by atoms with E-state index in [0.717, 1.165) is 16.4 Å². The molecule has 0 bridgehead atoms. The monoisotopic (exact) mass is 742 g/mol. The van der Waals surface area contributed by atoms with Crippen molar-refractivity contribution in [3.05, 3.63) is 218 Å². The van der Waals surface area contributed by atoms with Gasteiger partial charge in [0.25, 0.3) is 22.9 Å². The molecule has 0 unspecified atom stereocenters. The lowest BCUT2D eigenvalue weighted by Crippen LogP contribution is -2.38. The van der Waals surface area contributed by atoms with Crippen LogP contribution in [-0.2, 0) is 0 Å². The van der Waals surface area contributed by atoms with Gasteiger partial charge in [0, 0.05) is 11.1 Å². The second kappa shape index (κ2) is 15.2. The lowest BCUT2D eigenvalue weighted by molar-refractivity contribution is 0.0930. The Balaban J connectivity index is 1.35. The normalized spacial score (nSPS) is 16.3. The zero-order chi connectivity index (χ0) is 38.1. The number of hydrogen-bond donors (Lipinski definition) is 2. The van der Waals surface area contributed by atoms with Crippen molar-refractivity contribution in [2.45, 2.75) is 37.5 Å². The predicted molar refractivity (Wildman–Crippen MR) is 219 cm³/mol. The number of aromatic nitrogens is 2. The topological polar surface area (TPSA) is 102 Å². The molecule has 1 aromatic heterocycles. The third-order valence-electron chi connectivity index (χ3n) is 10.3. The molecular formula is C46H39N4O4P. The van der Waals surface area contributed by atoms with E-state index in [1.165, 1.54) is 0 Å². The number of hydrogen-bond acceptors (Lipinski definition) is 4. The average Bonchev–Trinajstić information content (AvgIpc) is 3.60. The SMILES string of the molecule is C[C@@H](NC(=O)c1ccccc1[C@@H]1n2c(=O)c3ccccc3c(=O)n2[C@@H](c2ccccc2C(=O)N[C@H](C)c2ccccc2)P1c1ccccc1)c1ccccc1. The molecule has 0 saturated carbocycles. The Bertz CT molecular complexity index is 2480. The molecule has 0 aliphatic carbocycles. The largest absolute Gasteiger partial charge is 0.346 e. The molecule has 1 aliphatic rings. The second-order valence-electron chi connectivity index (χ2n) is 13.7. The van der Waals surface area contributed by atoms with E-state index in [1.54, 1.807) is 45.8 Å². The summed E-state index contributed by atoms with van der Waals surface area (Å²) >= 11 is 0. The molecular weight excluding hydrogens is 704 g/mol. The number of rotatable bonds is 9. The van der Waals surface area contributed by atoms with Crippen LogP contribution in [0.15, 0.2) is 173 Å². The van der Waals surface area contributed by atoms with Crippen molar-refractivity contribution in [1.29, 1.82) is 0 Å². The van der Waals surface area contributed by atoms with Gasteiger partial charge in [-0.15, -0.1) is 0 Å². The van der Waals surface area contributed by atoms with Crippen LogP contribution in [0.1, 0.15) is 80.5 Å². The summed E-state index contributed by atoms with van der Waals surface area (Å²) in [4.78, 5) is 58.5. The summed E-state index contributed by atoms with van der Waals surface area (Å²) in [7, 11) is -1.59. The molecule has 55 heavy (non-hydrogen) atoms. The summed E-state index contributed by atoms with van der Waals surface area (Å²) < 4.78 is 3.12. The van der Waals surface area contributed by atoms with Gasteiger partial charge in [0.15, 0.2) is 0 Å². The molecule has 4 atom stereocenters. The quantitative estimate of drug-likeness (QED) is 0.146. The minimum absolute atomic E-state index is 0.291. The van der Waals surface area contributed by atoms with E-state index in [0.29, 0.717) is 33.0 Å². The van der Waals surface area contributed by atoms with Crippen molar-refractivity contribution >= 4 is 35.8 Å². The molecule has 8 nitrogen and oxygen atoms in total. The van der Waals surface area contributed by atoms with Gasteiger partial charge >= 0.3 is 0 Å². The van der Waals surface area contributed by atoms with Crippen LogP contribution in [-0.4, -0.2) is 21.2 Å². The summed E-state index contributed by atoms with van der Waals surface area (Å²) in [5.41, 5.74) is 3.25. The molecule has 0 saturated heterocycles. The number of nitrogens with one attached hydrogen (secondary N) is 2. The van der Waals surface area contributed by atoms with Crippen LogP contribution < -0.4 is 27.1 Å². The Labute approximate surface area is 319 Å². The third-order valence-corrected chi connectivity index (χ3v) is 13.3. The fraction of sp³-hybridized carbons (Fsp3) is 0.130. The zero-order valence-corrected chi connectivity index (χ0v) is 31.3. The van der Waals surface area contributed by atoms with Crippen molar-refractivity contribution in [3.63, 3.8) is 0 Å². The Hall–Kier alpha value is -6.37. The van der Waals surface area contributed by atoms with Gasteiger partial charge in [-0.1, -0.05) is 140 Å². The van der Waals surface area contributed by atoms with Crippen LogP contribution in [0, 0.1) is 0 Å². The molecule has 2 amide bonds. The molecule has 9 heteroatoms. The Morgan fingerprint density at radius 1 is 0.491 bits per heavy atom. The van der Waals surface area contributed by atoms with Crippen LogP contribution in [0.25, 0.3) is 10.8 Å². The maximum atomic E-state index is 14.9. The number of benzene rings is 6. The lowest BCUT2D eigenvalue weighted by Gasteiger charge is -2.28. The fourth-order valence-corrected chi connectivity index (χ4v) is 10.9. The van der Waals surface area contributed by atoms with Gasteiger partial charge in [-0.25, -0.2) is 9.36 Å². The highest BCUT2D eigenvalue weighted by Crippen LogP contribution is 2.65. The Morgan fingerprint density at radius 2 is 0.836 bits per heavy atom. The van der Waals surface area contributed by atoms with E-state index in [-0.39, 0.29) is 35.0 Å². The minimum Gasteiger partial charge on any atom is -0.346 e. The molecule has 0 spiro atoms. The number of fused-ring (bicyclic) bond motifs is 2. The molecule has 8 rings (SSSR count). The Morgan fingerprint density at radius 3 is 1.25 bits per heavy atom. The van der Waals surface area contributed by atoms with Gasteiger partial charge < -0.3 is 10.6 Å². The maximum absolute atomic E-state index is 14.9. The summed E-state index contributed by atoms with van der Waals surface area (Å²) in [5, 5.41) is 7.83. The second-order valence-corrected chi connectivity index (χ2v) is 16.0. The predicted octanol–water partition coefficient (Wildman–Crippen LogP) is 8.06. The molecule has 272 valence electrons. The maximum Gasteiger partial charge on any atom is 0.274 e. The standard InChI is InChI=1S/C46H39N4O4P/c1-30(32-18-6-3-7-19-32)47-41(51)35-24-12-16-28-39(35)45-49-43(53)37-26-14-15-27-38(37)44(54)50(49)46(55(45)34-22-10-5-11-23-34)40-29-17-13-25-36(40)42(52)48-31(2)33-20-8-4-9-21-33/h3-31,45-46H,1-2H3,(H,47,51)(H,48,52)/t30-,31-,45-,46-/m1/s1. The van der Waals surface area contributed by atoms with E-state index in [2.05, 4.69) is 10.6 Å². The lowest BCUT2D eigenvalue weighted by atomic mass is 10.0. The number of carbonyl (C=O) groups is 2. The molecule has 7 aromatic rings. The summed E-state index contributed by atoms with van der Waals surface area (Å²) in [6.07, 6.45) is 0. The number of amides is 2. The molecule has 1 aliphatic heterocycles. The zero-order valence-electron chi connectivity index (χ0n) is 30.4. The first-order valence-corrected chi connectivity index (χ1v) is 19.8. The minimum atomic E-state index is -1.59. The van der Waals surface area contributed by atoms with Crippen LogP contribution >= 0.6 is 7.92 Å². The third kappa shape index (κ3) is 6.59. The molecule has 2 N–H and O–H groups in total. The van der Waals surface area contributed by atoms with Gasteiger partial charge in [0.1, 0.15) is 11.6 Å². The first-order chi connectivity index (χ1) is 26.8. The van der Waals surface area contributed by atoms with Crippen molar-refractivity contribution in [1.82, 2.24) is 20.0 Å². The van der Waals surface area contributed by atoms with Crippen molar-refractivity contribution < 1.29 is 9.59 Å². The fourth-order valence-electron chi connectivity index (χ4n) is 7.63. The highest BCUT2D eigenvalue weighted by Gasteiger charge is 2.47. The first-order valence-electron chi connectivity index (χ1n) is 18.3. The van der Waals surface area contributed by atoms with E-state index < -0.39 is 19.5 Å². The van der Waals surface area contributed by atoms with E-state index >= 15 is 0 Å². The van der Waals surface area contributed by atoms with Crippen molar-refractivity contribution in [2.24, 2.45) is 0 Å². The van der Waals surface area contributed by atoms with Crippen LogP contribution in [0.4, 0.5) is 0 Å². The molecule has 6 aromatic carbocycles. The average molecular weight is 743 g/mol. The van der Waals surface area contributed by atoms with Crippen LogP contribution in [0.2, 0.25) is 0 Å². The summed E-state index contributed by atoms with van der Waals surface area (Å²) in [6, 6.07) is 50.2. The first kappa shape index (κ1) is 35.6. The number of carbonyl (C=O) groups excluding carboxylic acids is 2. The van der Waals surface area contributed by atoms with E-state index in [1.807, 2.05) is 141 Å². The van der Waals surface area contributed by atoms with Gasteiger partial charge in [-0.3, -0.25) is 19.2 Å². The summed E-state index contributed by atoms with van der Waals surface area (Å²) in [6.45, 7) is 3.87. The highest BCUT2D eigenvalue weighted by atomic mass is 31.1. The Kier molecular flexibility index (Phi) is 9.83. The van der Waals surface area contributed by atoms with Crippen molar-refractivity contribution in [3.8, 4) is 0 Å². The smallest absolute Gasteiger partial charge is 0.274 e. The van der Waals surface area contributed by atoms with Crippen molar-refractivity contribution in [2.75, 3.05) is 0 Å². The van der Waals surface area contributed by atoms with Gasteiger partial charge in [-0.2, -0.15) is 0 Å². The van der Waals surface area contributed by atoms with E-state index in [4.69, 9.17) is 0 Å².